The van der Waals surface area contributed by atoms with Crippen molar-refractivity contribution in [2.45, 2.75) is 101 Å². The summed E-state index contributed by atoms with van der Waals surface area (Å²) in [6.45, 7) is 0. The highest BCUT2D eigenvalue weighted by molar-refractivity contribution is 7.90. The molecule has 0 saturated heterocycles. The van der Waals surface area contributed by atoms with Crippen LogP contribution >= 0.6 is 69.6 Å². The second kappa shape index (κ2) is 14.5. The third-order valence-corrected chi connectivity index (χ3v) is 15.3. The van der Waals surface area contributed by atoms with Crippen LogP contribution in [0.15, 0.2) is 60.7 Å². The van der Waals surface area contributed by atoms with Gasteiger partial charge in [0.15, 0.2) is 0 Å². The van der Waals surface area contributed by atoms with Crippen molar-refractivity contribution in [1.82, 2.24) is 4.72 Å². The lowest BCUT2D eigenvalue weighted by molar-refractivity contribution is -0.0481. The fourth-order valence-electron chi connectivity index (χ4n) is 11.3. The quantitative estimate of drug-likeness (QED) is 0.285. The number of nitrogens with one attached hydrogen (secondary N) is 1. The fraction of sp³-hybridized carbons (Fsp3) is 0.667. The summed E-state index contributed by atoms with van der Waals surface area (Å²) < 4.78 is 65.1. The average Bonchev–Trinajstić information content (AvgIpc) is 2.98. The molecule has 0 aromatic heterocycles. The molecular formula is C36H43Cl6F3N2O2S. The Morgan fingerprint density at radius 2 is 1.14 bits per heavy atom. The van der Waals surface area contributed by atoms with E-state index >= 15 is 0 Å². The van der Waals surface area contributed by atoms with Crippen molar-refractivity contribution in [2.75, 3.05) is 5.34 Å². The van der Waals surface area contributed by atoms with E-state index in [0.717, 1.165) is 44.4 Å². The van der Waals surface area contributed by atoms with Crippen LogP contribution in [0.1, 0.15) is 87.4 Å². The van der Waals surface area contributed by atoms with Crippen LogP contribution in [0.25, 0.3) is 0 Å². The Morgan fingerprint density at radius 3 is 1.54 bits per heavy atom. The molecule has 2 aromatic carbocycles. The first-order valence-corrected chi connectivity index (χ1v) is 21.2. The third kappa shape index (κ3) is 7.82. The van der Waals surface area contributed by atoms with Crippen LogP contribution in [-0.4, -0.2) is 38.8 Å². The molecule has 0 amide bonds. The summed E-state index contributed by atoms with van der Waals surface area (Å²) in [5.74, 6) is 1.58. The first kappa shape index (κ1) is 39.5. The van der Waals surface area contributed by atoms with Gasteiger partial charge in [-0.15, -0.1) is 69.6 Å². The highest BCUT2D eigenvalue weighted by Crippen LogP contribution is 2.68. The van der Waals surface area contributed by atoms with Crippen LogP contribution in [0.5, 0.6) is 0 Å². The standard InChI is InChI=1S/C18H20Cl2F3NO2S.C17H21Cl2N.CH2Cl2/c19-16-7-11-6-13(9-16)14(17(20,8-11)10-16)15(12-4-2-1-3-5-12)24-27(25,26)18(21,22)23;18-16-7-11-6-13(9-16)14(17(19,8-11)10-16)15(20)12-4-2-1-3-5-12;2-1-3/h1-5,11,13-15,24H,6-10H2;1-5,11,13-15H,6-10,20H2;1H2/t2*11?,13?,14-,15+,16+,17+;/m11./s1. The highest BCUT2D eigenvalue weighted by atomic mass is 35.5. The van der Waals surface area contributed by atoms with Crippen LogP contribution in [-0.2, 0) is 10.0 Å². The number of rotatable bonds is 6. The van der Waals surface area contributed by atoms with Crippen molar-refractivity contribution < 1.29 is 21.6 Å². The van der Waals surface area contributed by atoms with Gasteiger partial charge in [-0.25, -0.2) is 8.42 Å². The minimum atomic E-state index is -5.51. The summed E-state index contributed by atoms with van der Waals surface area (Å²) in [5, 5.41) is 0.194. The van der Waals surface area contributed by atoms with E-state index in [4.69, 9.17) is 75.3 Å². The summed E-state index contributed by atoms with van der Waals surface area (Å²) in [4.78, 5) is -1.45. The van der Waals surface area contributed by atoms with Crippen LogP contribution < -0.4 is 10.5 Å². The average molecular weight is 838 g/mol. The van der Waals surface area contributed by atoms with E-state index in [0.29, 0.717) is 42.6 Å². The molecule has 0 aliphatic heterocycles. The van der Waals surface area contributed by atoms with Gasteiger partial charge in [0.1, 0.15) is 0 Å². The van der Waals surface area contributed by atoms with E-state index in [-0.39, 0.29) is 27.0 Å². The molecule has 2 aromatic rings. The SMILES string of the molecule is ClCCl.N[C@@H](c1ccccc1)[C@H]1C2CC3C[C@](Cl)(C2)C[C@@]1(Cl)C3.O=S(=O)(N[C@@H](c1ccccc1)[C@H]1C2CC3C[C@](Cl)(C2)C[C@@]1(Cl)C3)C(F)(F)F. The van der Waals surface area contributed by atoms with E-state index in [9.17, 15) is 21.6 Å². The molecular weight excluding hydrogens is 794 g/mol. The maximum atomic E-state index is 13.1. The number of sulfonamides is 1. The summed E-state index contributed by atoms with van der Waals surface area (Å²) in [6, 6.07) is 17.8. The van der Waals surface area contributed by atoms with E-state index in [1.807, 2.05) is 10.8 Å². The Balaban J connectivity index is 0.000000166. The molecule has 0 spiro atoms. The van der Waals surface area contributed by atoms with Gasteiger partial charge in [0.05, 0.1) is 21.1 Å². The maximum absolute atomic E-state index is 13.1. The first-order chi connectivity index (χ1) is 23.3. The van der Waals surface area contributed by atoms with Gasteiger partial charge in [0.2, 0.25) is 0 Å². The molecule has 12 atom stereocenters. The predicted octanol–water partition coefficient (Wildman–Crippen LogP) is 10.9. The molecule has 8 aliphatic carbocycles. The Morgan fingerprint density at radius 1 is 0.720 bits per heavy atom. The molecule has 0 radical (unpaired) electrons. The molecule has 278 valence electrons. The van der Waals surface area contributed by atoms with Crippen LogP contribution in [0.3, 0.4) is 0 Å². The first-order valence-electron chi connectivity index (χ1n) is 17.1. The van der Waals surface area contributed by atoms with Gasteiger partial charge >= 0.3 is 15.5 Å². The largest absolute Gasteiger partial charge is 0.511 e. The Kier molecular flexibility index (Phi) is 11.5. The highest BCUT2D eigenvalue weighted by Gasteiger charge is 2.65. The van der Waals surface area contributed by atoms with Crippen LogP contribution in [0.4, 0.5) is 13.2 Å². The van der Waals surface area contributed by atoms with E-state index in [2.05, 4.69) is 24.3 Å². The molecule has 14 heteroatoms. The number of halogens is 9. The number of alkyl halides is 9. The second-order valence-electron chi connectivity index (χ2n) is 15.7. The summed E-state index contributed by atoms with van der Waals surface area (Å²) in [5.41, 5.74) is 2.95. The van der Waals surface area contributed by atoms with E-state index in [1.54, 1.807) is 30.3 Å². The maximum Gasteiger partial charge on any atom is 0.511 e. The van der Waals surface area contributed by atoms with Crippen molar-refractivity contribution >= 4 is 79.6 Å². The number of nitrogens with two attached hydrogens (primary N) is 1. The lowest BCUT2D eigenvalue weighted by Crippen LogP contribution is -2.62. The van der Waals surface area contributed by atoms with Gasteiger partial charge in [-0.1, -0.05) is 60.7 Å². The van der Waals surface area contributed by atoms with Gasteiger partial charge in [-0.3, -0.25) is 0 Å². The number of benzene rings is 2. The molecule has 8 fully saturated rings. The van der Waals surface area contributed by atoms with Gasteiger partial charge in [0, 0.05) is 27.6 Å². The molecule has 8 saturated carbocycles. The second-order valence-corrected chi connectivity index (χ2v) is 21.3. The van der Waals surface area contributed by atoms with Gasteiger partial charge < -0.3 is 5.73 Å². The monoisotopic (exact) mass is 834 g/mol. The zero-order chi connectivity index (χ0) is 36.3. The molecule has 8 aliphatic rings. The Labute approximate surface area is 323 Å². The molecule has 50 heavy (non-hydrogen) atoms. The molecule has 4 unspecified atom stereocenters. The van der Waals surface area contributed by atoms with Crippen molar-refractivity contribution in [3.63, 3.8) is 0 Å². The summed E-state index contributed by atoms with van der Waals surface area (Å²) in [6.07, 6.45) is 9.05. The molecule has 8 bridgehead atoms. The minimum Gasteiger partial charge on any atom is -0.324 e. The number of hydrogen-bond acceptors (Lipinski definition) is 3. The molecule has 3 N–H and O–H groups in total. The third-order valence-electron chi connectivity index (χ3n) is 12.2. The van der Waals surface area contributed by atoms with Gasteiger partial charge in [0.25, 0.3) is 0 Å². The van der Waals surface area contributed by atoms with Crippen molar-refractivity contribution in [3.8, 4) is 0 Å². The zero-order valence-electron chi connectivity index (χ0n) is 27.4. The predicted molar refractivity (Wildman–Crippen MR) is 199 cm³/mol. The molecule has 0 heterocycles. The summed E-state index contributed by atoms with van der Waals surface area (Å²) >= 11 is 37.1. The topological polar surface area (TPSA) is 72.2 Å². The lowest BCUT2D eigenvalue weighted by atomic mass is 9.49. The minimum absolute atomic E-state index is 0.0117. The Hall–Kier alpha value is -0.160. The van der Waals surface area contributed by atoms with Crippen molar-refractivity contribution in [3.05, 3.63) is 71.8 Å². The van der Waals surface area contributed by atoms with E-state index in [1.165, 1.54) is 12.0 Å². The zero-order valence-corrected chi connectivity index (χ0v) is 32.7. The van der Waals surface area contributed by atoms with E-state index < -0.39 is 37.2 Å². The Bertz CT molecular complexity index is 1610. The number of hydrogen-bond donors (Lipinski definition) is 2. The van der Waals surface area contributed by atoms with Crippen LogP contribution in [0, 0.1) is 35.5 Å². The van der Waals surface area contributed by atoms with Gasteiger partial charge in [-0.05, 0) is 99.0 Å². The molecule has 4 nitrogen and oxygen atoms in total. The van der Waals surface area contributed by atoms with Crippen molar-refractivity contribution in [1.29, 1.82) is 0 Å². The lowest BCUT2D eigenvalue weighted by Gasteiger charge is -2.63. The smallest absolute Gasteiger partial charge is 0.324 e. The summed E-state index contributed by atoms with van der Waals surface area (Å²) in [7, 11) is -5.51. The van der Waals surface area contributed by atoms with Gasteiger partial charge in [-0.2, -0.15) is 17.9 Å². The van der Waals surface area contributed by atoms with Crippen LogP contribution in [0.2, 0.25) is 0 Å². The molecule has 10 rings (SSSR count). The van der Waals surface area contributed by atoms with Crippen molar-refractivity contribution in [2.24, 2.45) is 41.2 Å². The normalized spacial score (nSPS) is 40.7. The fourth-order valence-corrected chi connectivity index (χ4v) is 15.1.